The third-order valence-electron chi connectivity index (χ3n) is 2.43. The highest BCUT2D eigenvalue weighted by Gasteiger charge is 2.15. The van der Waals surface area contributed by atoms with Gasteiger partial charge in [-0.05, 0) is 21.8 Å². The van der Waals surface area contributed by atoms with E-state index in [2.05, 4.69) is 44.7 Å². The zero-order valence-electron chi connectivity index (χ0n) is 9.78. The van der Waals surface area contributed by atoms with Gasteiger partial charge >= 0.3 is 0 Å². The fraction of sp³-hybridized carbons (Fsp3) is 0.364. The van der Waals surface area contributed by atoms with Crippen LogP contribution >= 0.6 is 27.5 Å². The van der Waals surface area contributed by atoms with Crippen LogP contribution in [0, 0.1) is 0 Å². The molecule has 0 fully saturated rings. The zero-order valence-corrected chi connectivity index (χ0v) is 12.1. The van der Waals surface area contributed by atoms with Gasteiger partial charge in [-0.2, -0.15) is 0 Å². The highest BCUT2D eigenvalue weighted by molar-refractivity contribution is 9.10. The molecule has 2 aromatic heterocycles. The van der Waals surface area contributed by atoms with Crippen LogP contribution in [0.4, 0.5) is 0 Å². The fourth-order valence-electron chi connectivity index (χ4n) is 1.51. The van der Waals surface area contributed by atoms with Crippen LogP contribution in [-0.2, 0) is 7.05 Å². The van der Waals surface area contributed by atoms with Gasteiger partial charge in [-0.1, -0.05) is 25.4 Å². The molecule has 0 amide bonds. The Bertz CT molecular complexity index is 550. The molecule has 6 heteroatoms. The first-order chi connectivity index (χ1) is 8.00. The van der Waals surface area contributed by atoms with E-state index >= 15 is 0 Å². The molecule has 0 aliphatic rings. The molecule has 0 N–H and O–H groups in total. The van der Waals surface area contributed by atoms with Crippen LogP contribution in [0.3, 0.4) is 0 Å². The maximum Gasteiger partial charge on any atom is 0.179 e. The smallest absolute Gasteiger partial charge is 0.179 e. The van der Waals surface area contributed by atoms with E-state index in [0.29, 0.717) is 11.0 Å². The van der Waals surface area contributed by atoms with E-state index in [9.17, 15) is 0 Å². The molecule has 0 aromatic carbocycles. The van der Waals surface area contributed by atoms with Crippen LogP contribution in [-0.4, -0.2) is 19.5 Å². The molecule has 0 bridgehead atoms. The summed E-state index contributed by atoms with van der Waals surface area (Å²) in [4.78, 5) is 12.9. The molecule has 0 saturated heterocycles. The van der Waals surface area contributed by atoms with Gasteiger partial charge < -0.3 is 4.57 Å². The number of nitrogens with zero attached hydrogens (tertiary/aromatic N) is 4. The quantitative estimate of drug-likeness (QED) is 0.798. The van der Waals surface area contributed by atoms with Crippen molar-refractivity contribution >= 4 is 27.5 Å². The Kier molecular flexibility index (Phi) is 3.49. The van der Waals surface area contributed by atoms with E-state index in [-0.39, 0.29) is 5.92 Å². The summed E-state index contributed by atoms with van der Waals surface area (Å²) < 4.78 is 2.63. The second-order valence-electron chi connectivity index (χ2n) is 4.08. The lowest BCUT2D eigenvalue weighted by molar-refractivity contribution is 0.804. The zero-order chi connectivity index (χ0) is 12.6. The SMILES string of the molecule is CC(C)c1nc(-c2cncn2C)nc(Cl)c1Br. The minimum absolute atomic E-state index is 0.275. The van der Waals surface area contributed by atoms with E-state index in [1.165, 1.54) is 0 Å². The summed E-state index contributed by atoms with van der Waals surface area (Å²) in [5.41, 5.74) is 1.75. The second kappa shape index (κ2) is 4.74. The average molecular weight is 316 g/mol. The second-order valence-corrected chi connectivity index (χ2v) is 5.23. The van der Waals surface area contributed by atoms with E-state index in [1.54, 1.807) is 12.5 Å². The topological polar surface area (TPSA) is 43.6 Å². The fourth-order valence-corrected chi connectivity index (χ4v) is 2.32. The molecule has 17 heavy (non-hydrogen) atoms. The lowest BCUT2D eigenvalue weighted by atomic mass is 10.1. The van der Waals surface area contributed by atoms with Crippen molar-refractivity contribution in [1.29, 1.82) is 0 Å². The summed E-state index contributed by atoms with van der Waals surface area (Å²) >= 11 is 9.52. The minimum atomic E-state index is 0.275. The first-order valence-corrected chi connectivity index (χ1v) is 6.37. The molecule has 0 radical (unpaired) electrons. The molecule has 2 heterocycles. The van der Waals surface area contributed by atoms with Crippen LogP contribution in [0.25, 0.3) is 11.5 Å². The molecule has 0 saturated carbocycles. The molecule has 0 aliphatic heterocycles. The normalized spacial score (nSPS) is 11.2. The van der Waals surface area contributed by atoms with E-state index in [4.69, 9.17) is 11.6 Å². The Morgan fingerprint density at radius 1 is 1.35 bits per heavy atom. The molecule has 4 nitrogen and oxygen atoms in total. The van der Waals surface area contributed by atoms with Crippen LogP contribution in [0.15, 0.2) is 17.0 Å². The van der Waals surface area contributed by atoms with Crippen molar-refractivity contribution in [2.75, 3.05) is 0 Å². The molecule has 0 atom stereocenters. The van der Waals surface area contributed by atoms with Crippen LogP contribution < -0.4 is 0 Å². The van der Waals surface area contributed by atoms with E-state index < -0.39 is 0 Å². The predicted octanol–water partition coefficient (Wildman–Crippen LogP) is 3.42. The van der Waals surface area contributed by atoms with E-state index in [0.717, 1.165) is 15.9 Å². The van der Waals surface area contributed by atoms with Gasteiger partial charge in [-0.3, -0.25) is 0 Å². The Hall–Kier alpha value is -0.940. The van der Waals surface area contributed by atoms with Gasteiger partial charge in [0.25, 0.3) is 0 Å². The molecule has 0 unspecified atom stereocenters. The Balaban J connectivity index is 2.61. The standard InChI is InChI=1S/C11H12BrClN4/c1-6(2)9-8(12)10(13)16-11(15-9)7-4-14-5-17(7)3/h4-6H,1-3H3. The van der Waals surface area contributed by atoms with Gasteiger partial charge in [0.1, 0.15) is 10.8 Å². The molecular formula is C11H12BrClN4. The number of aromatic nitrogens is 4. The molecule has 0 aliphatic carbocycles. The average Bonchev–Trinajstić information content (AvgIpc) is 2.68. The van der Waals surface area contributed by atoms with Gasteiger partial charge in [0.15, 0.2) is 5.82 Å². The lowest BCUT2D eigenvalue weighted by Crippen LogP contribution is -2.02. The van der Waals surface area contributed by atoms with Crippen molar-refractivity contribution in [3.8, 4) is 11.5 Å². The van der Waals surface area contributed by atoms with Crippen molar-refractivity contribution in [3.05, 3.63) is 27.8 Å². The highest BCUT2D eigenvalue weighted by Crippen LogP contribution is 2.30. The number of rotatable bonds is 2. The summed E-state index contributed by atoms with van der Waals surface area (Å²) in [5, 5.41) is 0.430. The van der Waals surface area contributed by atoms with Gasteiger partial charge in [-0.25, -0.2) is 15.0 Å². The summed E-state index contributed by atoms with van der Waals surface area (Å²) in [7, 11) is 1.90. The Labute approximate surface area is 113 Å². The third-order valence-corrected chi connectivity index (χ3v) is 3.71. The predicted molar refractivity (Wildman–Crippen MR) is 71.0 cm³/mol. The largest absolute Gasteiger partial charge is 0.331 e. The van der Waals surface area contributed by atoms with Crippen LogP contribution in [0.1, 0.15) is 25.5 Å². The van der Waals surface area contributed by atoms with Crippen molar-refractivity contribution < 1.29 is 0 Å². The van der Waals surface area contributed by atoms with Crippen molar-refractivity contribution in [2.24, 2.45) is 7.05 Å². The maximum atomic E-state index is 6.10. The number of imidazole rings is 1. The van der Waals surface area contributed by atoms with Gasteiger partial charge in [0.2, 0.25) is 0 Å². The lowest BCUT2D eigenvalue weighted by Gasteiger charge is -2.10. The number of aryl methyl sites for hydroxylation is 1. The third kappa shape index (κ3) is 2.35. The molecular weight excluding hydrogens is 304 g/mol. The maximum absolute atomic E-state index is 6.10. The Morgan fingerprint density at radius 2 is 2.06 bits per heavy atom. The minimum Gasteiger partial charge on any atom is -0.331 e. The highest BCUT2D eigenvalue weighted by atomic mass is 79.9. The molecule has 0 spiro atoms. The number of hydrogen-bond acceptors (Lipinski definition) is 3. The Morgan fingerprint density at radius 3 is 2.59 bits per heavy atom. The first kappa shape index (κ1) is 12.5. The van der Waals surface area contributed by atoms with Crippen LogP contribution in [0.2, 0.25) is 5.15 Å². The summed E-state index contributed by atoms with van der Waals surface area (Å²) in [5.74, 6) is 0.874. The number of hydrogen-bond donors (Lipinski definition) is 0. The summed E-state index contributed by atoms with van der Waals surface area (Å²) in [6.45, 7) is 4.13. The van der Waals surface area contributed by atoms with Gasteiger partial charge in [0.05, 0.1) is 22.7 Å². The van der Waals surface area contributed by atoms with Crippen molar-refractivity contribution in [3.63, 3.8) is 0 Å². The molecule has 2 rings (SSSR count). The first-order valence-electron chi connectivity index (χ1n) is 5.20. The summed E-state index contributed by atoms with van der Waals surface area (Å²) in [6.07, 6.45) is 3.44. The summed E-state index contributed by atoms with van der Waals surface area (Å²) in [6, 6.07) is 0. The monoisotopic (exact) mass is 314 g/mol. The number of halogens is 2. The van der Waals surface area contributed by atoms with Crippen molar-refractivity contribution in [2.45, 2.75) is 19.8 Å². The van der Waals surface area contributed by atoms with Gasteiger partial charge in [-0.15, -0.1) is 0 Å². The van der Waals surface area contributed by atoms with Crippen molar-refractivity contribution in [1.82, 2.24) is 19.5 Å². The molecule has 2 aromatic rings. The van der Waals surface area contributed by atoms with Crippen LogP contribution in [0.5, 0.6) is 0 Å². The van der Waals surface area contributed by atoms with E-state index in [1.807, 2.05) is 11.6 Å². The molecule has 90 valence electrons. The van der Waals surface area contributed by atoms with Gasteiger partial charge in [0, 0.05) is 7.05 Å².